The van der Waals surface area contributed by atoms with E-state index < -0.39 is 9.84 Å². The molecule has 2 N–H and O–H groups in total. The van der Waals surface area contributed by atoms with Crippen molar-refractivity contribution in [3.63, 3.8) is 0 Å². The van der Waals surface area contributed by atoms with Crippen LogP contribution in [0, 0.1) is 0 Å². The van der Waals surface area contributed by atoms with E-state index in [4.69, 9.17) is 5.73 Å². The minimum Gasteiger partial charge on any atom is -0.330 e. The van der Waals surface area contributed by atoms with Crippen LogP contribution in [0.2, 0.25) is 0 Å². The second-order valence-corrected chi connectivity index (χ2v) is 5.40. The van der Waals surface area contributed by atoms with Gasteiger partial charge in [-0.2, -0.15) is 0 Å². The van der Waals surface area contributed by atoms with Gasteiger partial charge in [-0.05, 0) is 25.8 Å². The molecule has 1 rings (SSSR count). The number of allylic oxidation sites excluding steroid dienone is 1. The van der Waals surface area contributed by atoms with Gasteiger partial charge in [-0.3, -0.25) is 0 Å². The molecule has 4 heteroatoms. The number of nitrogens with two attached hydrogens (primary N) is 1. The molecule has 0 saturated carbocycles. The lowest BCUT2D eigenvalue weighted by atomic mass is 10.1. The average Bonchev–Trinajstić information content (AvgIpc) is 2.03. The maximum Gasteiger partial charge on any atom is 0.150 e. The minimum absolute atomic E-state index is 0.323. The Labute approximate surface area is 73.6 Å². The van der Waals surface area contributed by atoms with Gasteiger partial charge < -0.3 is 5.73 Å². The number of hydrogen-bond donors (Lipinski definition) is 1. The van der Waals surface area contributed by atoms with E-state index in [2.05, 4.69) is 6.08 Å². The fourth-order valence-corrected chi connectivity index (χ4v) is 2.64. The van der Waals surface area contributed by atoms with Crippen molar-refractivity contribution in [2.45, 2.75) is 19.3 Å². The number of sulfone groups is 1. The number of hydrogen-bond acceptors (Lipinski definition) is 3. The van der Waals surface area contributed by atoms with Crippen LogP contribution in [0.25, 0.3) is 0 Å². The lowest BCUT2D eigenvalue weighted by Crippen LogP contribution is -2.18. The molecule has 1 heterocycles. The minimum atomic E-state index is -2.71. The van der Waals surface area contributed by atoms with Crippen LogP contribution in [0.5, 0.6) is 0 Å². The first-order chi connectivity index (χ1) is 5.64. The van der Waals surface area contributed by atoms with Crippen LogP contribution in [0.4, 0.5) is 0 Å². The van der Waals surface area contributed by atoms with E-state index in [1.54, 1.807) is 0 Å². The molecular formula is C8H15NO2S. The highest BCUT2D eigenvalue weighted by Gasteiger charge is 2.17. The summed E-state index contributed by atoms with van der Waals surface area (Å²) in [6.07, 6.45) is 4.37. The van der Waals surface area contributed by atoms with Gasteiger partial charge in [0.25, 0.3) is 0 Å². The van der Waals surface area contributed by atoms with Crippen LogP contribution < -0.4 is 5.73 Å². The van der Waals surface area contributed by atoms with E-state index in [-0.39, 0.29) is 0 Å². The molecule has 12 heavy (non-hydrogen) atoms. The number of rotatable bonds is 2. The van der Waals surface area contributed by atoms with Crippen molar-refractivity contribution >= 4 is 9.84 Å². The summed E-state index contributed by atoms with van der Waals surface area (Å²) in [4.78, 5) is 0. The first kappa shape index (κ1) is 9.74. The summed E-state index contributed by atoms with van der Waals surface area (Å²) in [5, 5.41) is 0. The SMILES string of the molecule is NCCC=C1CCS(=O)(=O)CC1. The van der Waals surface area contributed by atoms with Gasteiger partial charge in [-0.15, -0.1) is 0 Å². The molecule has 0 aromatic carbocycles. The van der Waals surface area contributed by atoms with Crippen molar-refractivity contribution in [2.24, 2.45) is 5.73 Å². The summed E-state index contributed by atoms with van der Waals surface area (Å²) in [7, 11) is -2.71. The lowest BCUT2D eigenvalue weighted by molar-refractivity contribution is 0.588. The Morgan fingerprint density at radius 3 is 2.42 bits per heavy atom. The largest absolute Gasteiger partial charge is 0.330 e. The zero-order valence-corrected chi connectivity index (χ0v) is 7.94. The van der Waals surface area contributed by atoms with Crippen molar-refractivity contribution in [3.8, 4) is 0 Å². The molecule has 1 aliphatic heterocycles. The smallest absolute Gasteiger partial charge is 0.150 e. The van der Waals surface area contributed by atoms with Gasteiger partial charge in [0.2, 0.25) is 0 Å². The first-order valence-electron chi connectivity index (χ1n) is 4.22. The molecule has 3 nitrogen and oxygen atoms in total. The third kappa shape index (κ3) is 2.95. The molecule has 0 aromatic rings. The zero-order chi connectivity index (χ0) is 9.03. The Morgan fingerprint density at radius 1 is 1.33 bits per heavy atom. The maximum atomic E-state index is 11.0. The molecule has 1 aliphatic rings. The first-order valence-corrected chi connectivity index (χ1v) is 6.04. The lowest BCUT2D eigenvalue weighted by Gasteiger charge is -2.14. The van der Waals surface area contributed by atoms with Crippen molar-refractivity contribution in [1.82, 2.24) is 0 Å². The molecule has 0 unspecified atom stereocenters. The normalized spacial score (nSPS) is 22.2. The highest BCUT2D eigenvalue weighted by Crippen LogP contribution is 2.17. The highest BCUT2D eigenvalue weighted by molar-refractivity contribution is 7.91. The van der Waals surface area contributed by atoms with Gasteiger partial charge >= 0.3 is 0 Å². The topological polar surface area (TPSA) is 60.2 Å². The van der Waals surface area contributed by atoms with Gasteiger partial charge in [-0.25, -0.2) is 8.42 Å². The fraction of sp³-hybridized carbons (Fsp3) is 0.750. The van der Waals surface area contributed by atoms with Crippen LogP contribution in [0.15, 0.2) is 11.6 Å². The molecule has 1 fully saturated rings. The van der Waals surface area contributed by atoms with Gasteiger partial charge in [-0.1, -0.05) is 11.6 Å². The molecule has 0 amide bonds. The predicted octanol–water partition coefficient (Wildman–Crippen LogP) is 0.470. The quantitative estimate of drug-likeness (QED) is 0.642. The van der Waals surface area contributed by atoms with Crippen LogP contribution >= 0.6 is 0 Å². The molecule has 0 radical (unpaired) electrons. The average molecular weight is 189 g/mol. The molecule has 1 saturated heterocycles. The van der Waals surface area contributed by atoms with E-state index in [0.717, 1.165) is 6.42 Å². The van der Waals surface area contributed by atoms with Gasteiger partial charge in [0.05, 0.1) is 11.5 Å². The summed E-state index contributed by atoms with van der Waals surface area (Å²) in [5.74, 6) is 0.646. The van der Waals surface area contributed by atoms with Gasteiger partial charge in [0, 0.05) is 0 Å². The van der Waals surface area contributed by atoms with Crippen molar-refractivity contribution in [2.75, 3.05) is 18.1 Å². The van der Waals surface area contributed by atoms with Crippen LogP contribution in [0.3, 0.4) is 0 Å². The van der Waals surface area contributed by atoms with E-state index in [1.807, 2.05) is 0 Å². The fourth-order valence-electron chi connectivity index (χ4n) is 1.29. The Balaban J connectivity index is 2.46. The van der Waals surface area contributed by atoms with E-state index in [1.165, 1.54) is 5.57 Å². The maximum absolute atomic E-state index is 11.0. The molecule has 0 bridgehead atoms. The third-order valence-corrected chi connectivity index (χ3v) is 3.72. The third-order valence-electron chi connectivity index (χ3n) is 2.07. The Hall–Kier alpha value is -0.350. The summed E-state index contributed by atoms with van der Waals surface area (Å²) < 4.78 is 22.0. The predicted molar refractivity (Wildman–Crippen MR) is 49.6 cm³/mol. The summed E-state index contributed by atoms with van der Waals surface area (Å²) >= 11 is 0. The molecule has 0 atom stereocenters. The molecule has 70 valence electrons. The summed E-state index contributed by atoms with van der Waals surface area (Å²) in [5.41, 5.74) is 6.60. The molecule has 0 aliphatic carbocycles. The molecular weight excluding hydrogens is 174 g/mol. The Morgan fingerprint density at radius 2 is 1.92 bits per heavy atom. The molecule has 0 spiro atoms. The van der Waals surface area contributed by atoms with Crippen LogP contribution in [-0.2, 0) is 9.84 Å². The van der Waals surface area contributed by atoms with Crippen molar-refractivity contribution in [1.29, 1.82) is 0 Å². The van der Waals surface area contributed by atoms with E-state index in [0.29, 0.717) is 30.9 Å². The van der Waals surface area contributed by atoms with E-state index in [9.17, 15) is 8.42 Å². The Bertz CT molecular complexity index is 251. The molecule has 0 aromatic heterocycles. The highest BCUT2D eigenvalue weighted by atomic mass is 32.2. The zero-order valence-electron chi connectivity index (χ0n) is 7.12. The van der Waals surface area contributed by atoms with E-state index >= 15 is 0 Å². The monoisotopic (exact) mass is 189 g/mol. The summed E-state index contributed by atoms with van der Waals surface area (Å²) in [6.45, 7) is 0.649. The second-order valence-electron chi connectivity index (χ2n) is 3.09. The summed E-state index contributed by atoms with van der Waals surface area (Å²) in [6, 6.07) is 0. The standard InChI is InChI=1S/C8H15NO2S/c9-5-1-2-8-3-6-12(10,11)7-4-8/h2H,1,3-7,9H2. The van der Waals surface area contributed by atoms with Gasteiger partial charge in [0.1, 0.15) is 0 Å². The second kappa shape index (κ2) is 4.05. The van der Waals surface area contributed by atoms with Crippen LogP contribution in [-0.4, -0.2) is 26.5 Å². The van der Waals surface area contributed by atoms with Crippen molar-refractivity contribution in [3.05, 3.63) is 11.6 Å². The van der Waals surface area contributed by atoms with Gasteiger partial charge in [0.15, 0.2) is 9.84 Å². The van der Waals surface area contributed by atoms with Crippen molar-refractivity contribution < 1.29 is 8.42 Å². The Kier molecular flexibility index (Phi) is 3.29. The van der Waals surface area contributed by atoms with Crippen LogP contribution in [0.1, 0.15) is 19.3 Å².